The number of fused-ring (bicyclic) bond motifs is 1. The number of phenols is 1. The van der Waals surface area contributed by atoms with E-state index in [-0.39, 0.29) is 29.1 Å². The Bertz CT molecular complexity index is 1290. The molecule has 1 heterocycles. The minimum atomic E-state index is -0.658. The molecule has 0 radical (unpaired) electrons. The number of rotatable bonds is 6. The van der Waals surface area contributed by atoms with Crippen molar-refractivity contribution in [1.29, 1.82) is 0 Å². The number of likely N-dealkylation sites (N-methyl/N-ethyl adjacent to an activating group) is 1. The van der Waals surface area contributed by atoms with Crippen LogP contribution in [0.25, 0.3) is 0 Å². The second-order valence-corrected chi connectivity index (χ2v) is 8.51. The highest BCUT2D eigenvalue weighted by Crippen LogP contribution is 2.46. The van der Waals surface area contributed by atoms with Crippen molar-refractivity contribution in [3.63, 3.8) is 0 Å². The number of anilines is 1. The largest absolute Gasteiger partial charge is 0.508 e. The number of phenolic OH excluding ortho intramolecular Hbond substituents is 1. The van der Waals surface area contributed by atoms with E-state index in [1.54, 1.807) is 42.5 Å². The van der Waals surface area contributed by atoms with E-state index < -0.39 is 5.97 Å². The first-order chi connectivity index (χ1) is 16.3. The van der Waals surface area contributed by atoms with Crippen molar-refractivity contribution >= 4 is 28.8 Å². The van der Waals surface area contributed by atoms with Crippen LogP contribution in [0.1, 0.15) is 29.8 Å². The van der Waals surface area contributed by atoms with Crippen molar-refractivity contribution in [2.75, 3.05) is 18.6 Å². The molecule has 0 saturated heterocycles. The first-order valence-electron chi connectivity index (χ1n) is 10.8. The summed E-state index contributed by atoms with van der Waals surface area (Å²) < 4.78 is 5.30. The molecular weight excluding hydrogens is 430 g/mol. The van der Waals surface area contributed by atoms with Crippen molar-refractivity contribution in [2.45, 2.75) is 19.3 Å². The summed E-state index contributed by atoms with van der Waals surface area (Å²) in [6.07, 6.45) is 1.55. The minimum Gasteiger partial charge on any atom is -0.508 e. The van der Waals surface area contributed by atoms with E-state index in [0.29, 0.717) is 11.4 Å². The second kappa shape index (κ2) is 9.31. The lowest BCUT2D eigenvalue weighted by Crippen LogP contribution is -2.25. The SMILES string of the molecule is CN1C(=CC(=O)COC(=O)c2ccccc2N=Nc2ccc(O)cc2)C(C)(C)c2ccccc21. The molecule has 0 unspecified atom stereocenters. The predicted octanol–water partition coefficient (Wildman–Crippen LogP) is 5.85. The van der Waals surface area contributed by atoms with Gasteiger partial charge in [0.25, 0.3) is 0 Å². The third-order valence-electron chi connectivity index (χ3n) is 5.83. The Balaban J connectivity index is 1.46. The highest BCUT2D eigenvalue weighted by molar-refractivity contribution is 5.98. The number of carbonyl (C=O) groups excluding carboxylic acids is 2. The maximum atomic E-state index is 12.7. The Kier molecular flexibility index (Phi) is 6.27. The van der Waals surface area contributed by atoms with Gasteiger partial charge >= 0.3 is 5.97 Å². The molecule has 0 atom stereocenters. The van der Waals surface area contributed by atoms with Crippen LogP contribution in [0.4, 0.5) is 17.1 Å². The zero-order chi connectivity index (χ0) is 24.3. The molecule has 34 heavy (non-hydrogen) atoms. The number of esters is 1. The number of carbonyl (C=O) groups is 2. The number of ketones is 1. The van der Waals surface area contributed by atoms with E-state index in [0.717, 1.165) is 16.9 Å². The molecule has 0 saturated carbocycles. The van der Waals surface area contributed by atoms with Crippen LogP contribution in [0, 0.1) is 0 Å². The molecule has 0 amide bonds. The van der Waals surface area contributed by atoms with Crippen LogP contribution in [0.3, 0.4) is 0 Å². The molecule has 0 aromatic heterocycles. The lowest BCUT2D eigenvalue weighted by Gasteiger charge is -2.23. The fourth-order valence-corrected chi connectivity index (χ4v) is 4.03. The second-order valence-electron chi connectivity index (χ2n) is 8.51. The standard InChI is InChI=1S/C27H25N3O4/c1-27(2)22-9-5-7-11-24(22)30(3)25(27)16-20(32)17-34-26(33)21-8-4-6-10-23(21)29-28-18-12-14-19(31)15-13-18/h4-16,31H,17H2,1-3H3. The quantitative estimate of drug-likeness (QED) is 0.286. The summed E-state index contributed by atoms with van der Waals surface area (Å²) in [6.45, 7) is 3.75. The molecule has 7 heteroatoms. The molecule has 3 aromatic rings. The van der Waals surface area contributed by atoms with Gasteiger partial charge in [-0.15, -0.1) is 5.11 Å². The Morgan fingerprint density at radius 2 is 1.65 bits per heavy atom. The van der Waals surface area contributed by atoms with E-state index in [1.807, 2.05) is 30.1 Å². The van der Waals surface area contributed by atoms with E-state index in [1.165, 1.54) is 12.1 Å². The zero-order valence-corrected chi connectivity index (χ0v) is 19.2. The van der Waals surface area contributed by atoms with Gasteiger partial charge in [-0.3, -0.25) is 4.79 Å². The summed E-state index contributed by atoms with van der Waals surface area (Å²) in [5, 5.41) is 17.6. The Morgan fingerprint density at radius 1 is 0.971 bits per heavy atom. The topological polar surface area (TPSA) is 91.6 Å². The molecule has 172 valence electrons. The molecule has 4 rings (SSSR count). The molecule has 0 spiro atoms. The Morgan fingerprint density at radius 3 is 2.38 bits per heavy atom. The van der Waals surface area contributed by atoms with Gasteiger partial charge in [0.05, 0.1) is 11.3 Å². The number of azo groups is 1. The summed E-state index contributed by atoms with van der Waals surface area (Å²) >= 11 is 0. The van der Waals surface area contributed by atoms with Crippen LogP contribution in [-0.4, -0.2) is 30.5 Å². The average Bonchev–Trinajstić information content (AvgIpc) is 3.03. The van der Waals surface area contributed by atoms with Gasteiger partial charge in [-0.2, -0.15) is 5.11 Å². The number of nitrogens with zero attached hydrogens (tertiary/aromatic N) is 3. The van der Waals surface area contributed by atoms with E-state index in [4.69, 9.17) is 4.74 Å². The molecule has 1 N–H and O–H groups in total. The van der Waals surface area contributed by atoms with Crippen LogP contribution in [0.2, 0.25) is 0 Å². The van der Waals surface area contributed by atoms with Gasteiger partial charge in [-0.1, -0.05) is 44.2 Å². The van der Waals surface area contributed by atoms with Crippen molar-refractivity contribution < 1.29 is 19.4 Å². The Hall–Kier alpha value is -4.26. The van der Waals surface area contributed by atoms with Crippen LogP contribution in [-0.2, 0) is 14.9 Å². The number of hydrogen-bond acceptors (Lipinski definition) is 7. The number of allylic oxidation sites excluding steroid dienone is 1. The number of para-hydroxylation sites is 1. The van der Waals surface area contributed by atoms with E-state index >= 15 is 0 Å². The highest BCUT2D eigenvalue weighted by Gasteiger charge is 2.38. The number of aromatic hydroxyl groups is 1. The van der Waals surface area contributed by atoms with E-state index in [9.17, 15) is 14.7 Å². The molecular formula is C27H25N3O4. The van der Waals surface area contributed by atoms with Crippen LogP contribution in [0.15, 0.2) is 94.8 Å². The monoisotopic (exact) mass is 455 g/mol. The summed E-state index contributed by atoms with van der Waals surface area (Å²) in [5.74, 6) is -0.841. The molecule has 0 bridgehead atoms. The van der Waals surface area contributed by atoms with Gasteiger partial charge in [-0.25, -0.2) is 4.79 Å². The van der Waals surface area contributed by atoms with Gasteiger partial charge in [-0.05, 0) is 48.0 Å². The van der Waals surface area contributed by atoms with Crippen molar-refractivity contribution in [1.82, 2.24) is 0 Å². The predicted molar refractivity (Wildman–Crippen MR) is 130 cm³/mol. The van der Waals surface area contributed by atoms with Gasteiger partial charge in [0.2, 0.25) is 0 Å². The number of ether oxygens (including phenoxy) is 1. The van der Waals surface area contributed by atoms with Crippen molar-refractivity contribution in [3.05, 3.63) is 95.7 Å². The van der Waals surface area contributed by atoms with Gasteiger partial charge in [0, 0.05) is 29.9 Å². The van der Waals surface area contributed by atoms with Crippen LogP contribution >= 0.6 is 0 Å². The lowest BCUT2D eigenvalue weighted by atomic mass is 9.83. The molecule has 0 aliphatic carbocycles. The van der Waals surface area contributed by atoms with Crippen molar-refractivity contribution in [3.8, 4) is 5.75 Å². The molecule has 3 aromatic carbocycles. The smallest absolute Gasteiger partial charge is 0.340 e. The molecule has 7 nitrogen and oxygen atoms in total. The number of hydrogen-bond donors (Lipinski definition) is 1. The number of benzene rings is 3. The zero-order valence-electron chi connectivity index (χ0n) is 19.2. The van der Waals surface area contributed by atoms with Gasteiger partial charge in [0.1, 0.15) is 11.4 Å². The fourth-order valence-electron chi connectivity index (χ4n) is 4.03. The summed E-state index contributed by atoms with van der Waals surface area (Å²) in [4.78, 5) is 27.4. The summed E-state index contributed by atoms with van der Waals surface area (Å²) in [7, 11) is 1.92. The first kappa shape index (κ1) is 22.9. The third kappa shape index (κ3) is 4.59. The third-order valence-corrected chi connectivity index (χ3v) is 5.83. The van der Waals surface area contributed by atoms with Gasteiger partial charge in [0.15, 0.2) is 12.4 Å². The average molecular weight is 456 g/mol. The molecule has 1 aliphatic rings. The highest BCUT2D eigenvalue weighted by atomic mass is 16.5. The maximum absolute atomic E-state index is 12.7. The van der Waals surface area contributed by atoms with Crippen LogP contribution in [0.5, 0.6) is 5.75 Å². The van der Waals surface area contributed by atoms with Gasteiger partial charge < -0.3 is 14.7 Å². The minimum absolute atomic E-state index is 0.124. The molecule has 0 fully saturated rings. The summed E-state index contributed by atoms with van der Waals surface area (Å²) in [5.41, 5.74) is 3.74. The van der Waals surface area contributed by atoms with Crippen LogP contribution < -0.4 is 4.90 Å². The normalized spacial score (nSPS) is 15.5. The first-order valence-corrected chi connectivity index (χ1v) is 10.8. The van der Waals surface area contributed by atoms with E-state index in [2.05, 4.69) is 30.1 Å². The lowest BCUT2D eigenvalue weighted by molar-refractivity contribution is -0.117. The molecule has 1 aliphatic heterocycles. The van der Waals surface area contributed by atoms with Crippen molar-refractivity contribution in [2.24, 2.45) is 10.2 Å². The fraction of sp³-hybridized carbons (Fsp3) is 0.185. The summed E-state index contributed by atoms with van der Waals surface area (Å²) in [6, 6.07) is 20.8. The maximum Gasteiger partial charge on any atom is 0.340 e. The Labute approximate surface area is 198 Å².